The molecule has 103 valence electrons. The summed E-state index contributed by atoms with van der Waals surface area (Å²) in [6.07, 6.45) is 1.65. The Bertz CT molecular complexity index is 550. The van der Waals surface area contributed by atoms with E-state index in [1.807, 2.05) is 0 Å². The van der Waals surface area contributed by atoms with Crippen molar-refractivity contribution in [3.8, 4) is 0 Å². The maximum Gasteiger partial charge on any atom is 0.247 e. The van der Waals surface area contributed by atoms with Gasteiger partial charge in [-0.1, -0.05) is 13.5 Å². The summed E-state index contributed by atoms with van der Waals surface area (Å²) in [6, 6.07) is 5.97. The van der Waals surface area contributed by atoms with Crippen LogP contribution in [0.1, 0.15) is 6.42 Å². The number of rotatable bonds is 6. The molecule has 0 aliphatic heterocycles. The van der Waals surface area contributed by atoms with Gasteiger partial charge >= 0.3 is 0 Å². The van der Waals surface area contributed by atoms with Crippen molar-refractivity contribution in [3.63, 3.8) is 0 Å². The summed E-state index contributed by atoms with van der Waals surface area (Å²) >= 11 is 0. The fourth-order valence-electron chi connectivity index (χ4n) is 1.43. The molecule has 1 radical (unpaired) electrons. The Hall–Kier alpha value is -1.66. The molecule has 0 spiro atoms. The van der Waals surface area contributed by atoms with Crippen LogP contribution >= 0.6 is 0 Å². The molecule has 0 aromatic heterocycles. The van der Waals surface area contributed by atoms with E-state index in [2.05, 4.69) is 18.8 Å². The van der Waals surface area contributed by atoms with Gasteiger partial charge in [-0.05, 0) is 36.8 Å². The fraction of sp³-hybridized carbons (Fsp3) is 0.231. The summed E-state index contributed by atoms with van der Waals surface area (Å²) in [5.74, 6) is -0.343. The lowest BCUT2D eigenvalue weighted by atomic mass is 10.3. The lowest BCUT2D eigenvalue weighted by Crippen LogP contribution is -2.27. The van der Waals surface area contributed by atoms with Gasteiger partial charge in [0.2, 0.25) is 15.9 Å². The molecule has 0 saturated carbocycles. The minimum absolute atomic E-state index is 0.181. The Balaban J connectivity index is 2.92. The summed E-state index contributed by atoms with van der Waals surface area (Å²) in [5, 5.41) is 2.55. The molecule has 1 rings (SSSR count). The van der Waals surface area contributed by atoms with E-state index < -0.39 is 10.0 Å². The second-order valence-corrected chi connectivity index (χ2v) is 5.94. The number of hydrogen-bond acceptors (Lipinski definition) is 3. The first-order chi connectivity index (χ1) is 8.91. The number of carbonyl (C=O) groups excluding carboxylic acids is 1. The summed E-state index contributed by atoms with van der Waals surface area (Å²) in [4.78, 5) is 11.3. The van der Waals surface area contributed by atoms with Gasteiger partial charge in [0.1, 0.15) is 0 Å². The van der Waals surface area contributed by atoms with Crippen molar-refractivity contribution in [1.29, 1.82) is 0 Å². The summed E-state index contributed by atoms with van der Waals surface area (Å²) in [5.41, 5.74) is 0.517. The normalized spacial score (nSPS) is 11.3. The first-order valence-electron chi connectivity index (χ1n) is 5.71. The van der Waals surface area contributed by atoms with E-state index in [0.29, 0.717) is 18.7 Å². The number of sulfonamides is 1. The summed E-state index contributed by atoms with van der Waals surface area (Å²) < 4.78 is 25.5. The van der Waals surface area contributed by atoms with E-state index in [4.69, 9.17) is 0 Å². The molecule has 0 unspecified atom stereocenters. The maximum atomic E-state index is 12.1. The molecule has 1 amide bonds. The number of benzene rings is 1. The standard InChI is InChI=1S/C13H17N2O3S/c1-4-10-15(3)19(17,18)12-8-6-11(7-9-12)14-13(16)5-2/h5-9H,1-2,4,10H2,3H3,(H,14,16). The van der Waals surface area contributed by atoms with Crippen LogP contribution in [0, 0.1) is 6.92 Å². The topological polar surface area (TPSA) is 66.5 Å². The van der Waals surface area contributed by atoms with E-state index in [9.17, 15) is 13.2 Å². The number of nitrogens with zero attached hydrogens (tertiary/aromatic N) is 1. The minimum Gasteiger partial charge on any atom is -0.323 e. The average Bonchev–Trinajstić information content (AvgIpc) is 2.39. The minimum atomic E-state index is -3.49. The third-order valence-corrected chi connectivity index (χ3v) is 4.36. The molecule has 0 aliphatic rings. The highest BCUT2D eigenvalue weighted by Crippen LogP contribution is 2.17. The second-order valence-electron chi connectivity index (χ2n) is 3.90. The van der Waals surface area contributed by atoms with Crippen LogP contribution in [0.15, 0.2) is 41.8 Å². The van der Waals surface area contributed by atoms with Crippen molar-refractivity contribution in [2.24, 2.45) is 0 Å². The lowest BCUT2D eigenvalue weighted by Gasteiger charge is -2.16. The van der Waals surface area contributed by atoms with Gasteiger partial charge < -0.3 is 5.32 Å². The Morgan fingerprint density at radius 3 is 2.42 bits per heavy atom. The van der Waals surface area contributed by atoms with Crippen molar-refractivity contribution in [2.75, 3.05) is 18.9 Å². The van der Waals surface area contributed by atoms with Crippen molar-refractivity contribution >= 4 is 21.6 Å². The van der Waals surface area contributed by atoms with E-state index in [-0.39, 0.29) is 10.8 Å². The molecule has 0 heterocycles. The Morgan fingerprint density at radius 2 is 1.95 bits per heavy atom. The summed E-state index contributed by atoms with van der Waals surface area (Å²) in [6.45, 7) is 7.32. The van der Waals surface area contributed by atoms with Crippen molar-refractivity contribution < 1.29 is 13.2 Å². The highest BCUT2D eigenvalue weighted by molar-refractivity contribution is 7.89. The maximum absolute atomic E-state index is 12.1. The molecule has 1 aromatic rings. The Morgan fingerprint density at radius 1 is 1.37 bits per heavy atom. The van der Waals surface area contributed by atoms with Gasteiger partial charge in [0.25, 0.3) is 0 Å². The predicted molar refractivity (Wildman–Crippen MR) is 75.1 cm³/mol. The molecule has 0 aliphatic carbocycles. The lowest BCUT2D eigenvalue weighted by molar-refractivity contribution is -0.111. The van der Waals surface area contributed by atoms with Gasteiger partial charge in [-0.25, -0.2) is 12.7 Å². The largest absolute Gasteiger partial charge is 0.323 e. The predicted octanol–water partition coefficient (Wildman–Crippen LogP) is 1.66. The molecule has 1 N–H and O–H groups in total. The van der Waals surface area contributed by atoms with Gasteiger partial charge in [0, 0.05) is 19.3 Å². The first-order valence-corrected chi connectivity index (χ1v) is 7.15. The van der Waals surface area contributed by atoms with E-state index in [1.54, 1.807) is 0 Å². The van der Waals surface area contributed by atoms with Crippen LogP contribution in [-0.4, -0.2) is 32.2 Å². The van der Waals surface area contributed by atoms with Crippen LogP contribution in [0.25, 0.3) is 0 Å². The molecule has 0 fully saturated rings. The highest BCUT2D eigenvalue weighted by atomic mass is 32.2. The number of nitrogens with one attached hydrogen (secondary N) is 1. The van der Waals surface area contributed by atoms with E-state index in [0.717, 1.165) is 6.08 Å². The molecular formula is C13H17N2O3S. The fourth-order valence-corrected chi connectivity index (χ4v) is 2.64. The molecule has 5 nitrogen and oxygen atoms in total. The number of anilines is 1. The van der Waals surface area contributed by atoms with Crippen LogP contribution in [0.4, 0.5) is 5.69 Å². The van der Waals surface area contributed by atoms with Gasteiger partial charge in [-0.15, -0.1) is 0 Å². The van der Waals surface area contributed by atoms with Gasteiger partial charge in [0.05, 0.1) is 4.90 Å². The summed E-state index contributed by atoms with van der Waals surface area (Å²) in [7, 11) is -1.98. The van der Waals surface area contributed by atoms with Crippen LogP contribution in [0.5, 0.6) is 0 Å². The van der Waals surface area contributed by atoms with Crippen LogP contribution in [0.3, 0.4) is 0 Å². The Labute approximate surface area is 114 Å². The zero-order valence-electron chi connectivity index (χ0n) is 10.8. The number of amides is 1. The van der Waals surface area contributed by atoms with Gasteiger partial charge in [-0.2, -0.15) is 0 Å². The molecular weight excluding hydrogens is 264 g/mol. The molecule has 6 heteroatoms. The number of carbonyl (C=O) groups is 1. The first kappa shape index (κ1) is 15.4. The SMILES string of the molecule is [CH2]CCN(C)S(=O)(=O)c1ccc(NC(=O)C=C)cc1. The van der Waals surface area contributed by atoms with Crippen molar-refractivity contribution in [3.05, 3.63) is 43.8 Å². The second kappa shape index (κ2) is 6.49. The zero-order valence-corrected chi connectivity index (χ0v) is 11.6. The molecule has 19 heavy (non-hydrogen) atoms. The molecule has 1 aromatic carbocycles. The molecule has 0 saturated heterocycles. The van der Waals surface area contributed by atoms with Gasteiger partial charge in [0.15, 0.2) is 0 Å². The van der Waals surface area contributed by atoms with Gasteiger partial charge in [-0.3, -0.25) is 4.79 Å². The van der Waals surface area contributed by atoms with Crippen molar-refractivity contribution in [2.45, 2.75) is 11.3 Å². The third-order valence-electron chi connectivity index (χ3n) is 2.49. The van der Waals surface area contributed by atoms with Crippen LogP contribution in [-0.2, 0) is 14.8 Å². The monoisotopic (exact) mass is 281 g/mol. The molecule has 0 atom stereocenters. The Kier molecular flexibility index (Phi) is 5.26. The van der Waals surface area contributed by atoms with Crippen LogP contribution < -0.4 is 5.32 Å². The van der Waals surface area contributed by atoms with Crippen molar-refractivity contribution in [1.82, 2.24) is 4.31 Å². The quantitative estimate of drug-likeness (QED) is 0.806. The van der Waals surface area contributed by atoms with E-state index >= 15 is 0 Å². The smallest absolute Gasteiger partial charge is 0.247 e. The van der Waals surface area contributed by atoms with Crippen LogP contribution in [0.2, 0.25) is 0 Å². The number of hydrogen-bond donors (Lipinski definition) is 1. The van der Waals surface area contributed by atoms with E-state index in [1.165, 1.54) is 35.6 Å². The third kappa shape index (κ3) is 3.90. The molecule has 0 bridgehead atoms. The zero-order chi connectivity index (χ0) is 14.5. The average molecular weight is 281 g/mol. The highest BCUT2D eigenvalue weighted by Gasteiger charge is 2.19.